The monoisotopic (exact) mass is 328 g/mol. The van der Waals surface area contributed by atoms with Crippen molar-refractivity contribution in [3.05, 3.63) is 42.9 Å². The highest BCUT2D eigenvalue weighted by atomic mass is 16.3. The number of carbonyl (C=O) groups excluding carboxylic acids is 1. The minimum absolute atomic E-state index is 0.179. The Balaban J connectivity index is 1.48. The first kappa shape index (κ1) is 16.7. The van der Waals surface area contributed by atoms with E-state index in [4.69, 9.17) is 5.11 Å². The summed E-state index contributed by atoms with van der Waals surface area (Å²) in [6, 6.07) is 10.0. The van der Waals surface area contributed by atoms with E-state index in [0.717, 1.165) is 37.4 Å². The molecule has 1 N–H and O–H groups in total. The third-order valence-electron chi connectivity index (χ3n) is 4.43. The number of hydrogen-bond acceptors (Lipinski definition) is 4. The molecule has 6 heteroatoms. The Bertz CT molecular complexity index is 648. The first-order valence-electron chi connectivity index (χ1n) is 8.44. The van der Waals surface area contributed by atoms with E-state index in [1.54, 1.807) is 6.33 Å². The van der Waals surface area contributed by atoms with Crippen LogP contribution in [-0.2, 0) is 11.3 Å². The number of aryl methyl sites for hydroxylation is 1. The number of amides is 1. The van der Waals surface area contributed by atoms with Gasteiger partial charge in [0.2, 0.25) is 5.91 Å². The van der Waals surface area contributed by atoms with E-state index < -0.39 is 0 Å². The molecule has 24 heavy (non-hydrogen) atoms. The van der Waals surface area contributed by atoms with Crippen molar-refractivity contribution in [3.63, 3.8) is 0 Å². The van der Waals surface area contributed by atoms with E-state index in [9.17, 15) is 4.79 Å². The predicted octanol–water partition coefficient (Wildman–Crippen LogP) is 1.08. The zero-order chi connectivity index (χ0) is 16.8. The fourth-order valence-electron chi connectivity index (χ4n) is 2.99. The molecular weight excluding hydrogens is 304 g/mol. The standard InChI is InChI=1S/C18H24N4O2/c23-13-12-20-8-10-22(11-9-20)18(24)6-7-21-14-17(19-15-21)16-4-2-1-3-5-16/h1-5,14-15,23H,6-13H2. The molecule has 0 saturated carbocycles. The molecule has 0 bridgehead atoms. The minimum atomic E-state index is 0.179. The van der Waals surface area contributed by atoms with Gasteiger partial charge in [-0.05, 0) is 0 Å². The van der Waals surface area contributed by atoms with E-state index in [1.165, 1.54) is 0 Å². The van der Waals surface area contributed by atoms with Crippen LogP contribution in [0.25, 0.3) is 11.3 Å². The second kappa shape index (κ2) is 8.08. The Labute approximate surface area is 142 Å². The molecule has 1 saturated heterocycles. The Kier molecular flexibility index (Phi) is 5.61. The van der Waals surface area contributed by atoms with Crippen molar-refractivity contribution in [2.24, 2.45) is 0 Å². The first-order valence-corrected chi connectivity index (χ1v) is 8.44. The molecule has 2 aromatic rings. The number of nitrogens with zero attached hydrogens (tertiary/aromatic N) is 4. The van der Waals surface area contributed by atoms with Crippen LogP contribution in [0.3, 0.4) is 0 Å². The normalized spacial score (nSPS) is 15.6. The number of rotatable bonds is 6. The van der Waals surface area contributed by atoms with E-state index >= 15 is 0 Å². The van der Waals surface area contributed by atoms with Crippen molar-refractivity contribution in [1.29, 1.82) is 0 Å². The molecule has 6 nitrogen and oxygen atoms in total. The first-order chi connectivity index (χ1) is 11.8. The van der Waals surface area contributed by atoms with E-state index in [-0.39, 0.29) is 12.5 Å². The maximum Gasteiger partial charge on any atom is 0.224 e. The molecular formula is C18H24N4O2. The number of carbonyl (C=O) groups is 1. The van der Waals surface area contributed by atoms with Crippen LogP contribution in [0.2, 0.25) is 0 Å². The largest absolute Gasteiger partial charge is 0.395 e. The number of benzene rings is 1. The number of aliphatic hydroxyl groups is 1. The summed E-state index contributed by atoms with van der Waals surface area (Å²) in [5, 5.41) is 8.96. The summed E-state index contributed by atoms with van der Waals surface area (Å²) in [7, 11) is 0. The van der Waals surface area contributed by atoms with Gasteiger partial charge < -0.3 is 14.6 Å². The van der Waals surface area contributed by atoms with Crippen molar-refractivity contribution >= 4 is 5.91 Å². The number of piperazine rings is 1. The summed E-state index contributed by atoms with van der Waals surface area (Å²) in [4.78, 5) is 20.9. The molecule has 1 aromatic carbocycles. The molecule has 0 spiro atoms. The van der Waals surface area contributed by atoms with Crippen molar-refractivity contribution in [1.82, 2.24) is 19.4 Å². The summed E-state index contributed by atoms with van der Waals surface area (Å²) >= 11 is 0. The highest BCUT2D eigenvalue weighted by Crippen LogP contribution is 2.16. The molecule has 1 amide bonds. The van der Waals surface area contributed by atoms with Gasteiger partial charge in [0, 0.05) is 57.4 Å². The van der Waals surface area contributed by atoms with Gasteiger partial charge in [0.1, 0.15) is 0 Å². The van der Waals surface area contributed by atoms with Gasteiger partial charge in [0.15, 0.2) is 0 Å². The summed E-state index contributed by atoms with van der Waals surface area (Å²) in [5.41, 5.74) is 2.02. The van der Waals surface area contributed by atoms with Gasteiger partial charge in [-0.15, -0.1) is 0 Å². The van der Waals surface area contributed by atoms with Crippen LogP contribution in [0, 0.1) is 0 Å². The average Bonchev–Trinajstić information content (AvgIpc) is 3.10. The van der Waals surface area contributed by atoms with Gasteiger partial charge in [-0.25, -0.2) is 4.98 Å². The van der Waals surface area contributed by atoms with Crippen LogP contribution in [0.15, 0.2) is 42.9 Å². The van der Waals surface area contributed by atoms with Crippen LogP contribution in [0.1, 0.15) is 6.42 Å². The second-order valence-electron chi connectivity index (χ2n) is 6.06. The van der Waals surface area contributed by atoms with Gasteiger partial charge in [-0.2, -0.15) is 0 Å². The maximum absolute atomic E-state index is 12.3. The van der Waals surface area contributed by atoms with Gasteiger partial charge in [-0.3, -0.25) is 9.69 Å². The van der Waals surface area contributed by atoms with Crippen LogP contribution in [0.4, 0.5) is 0 Å². The van der Waals surface area contributed by atoms with E-state index in [0.29, 0.717) is 19.5 Å². The molecule has 1 aliphatic heterocycles. The summed E-state index contributed by atoms with van der Waals surface area (Å²) in [6.45, 7) is 4.70. The van der Waals surface area contributed by atoms with Crippen molar-refractivity contribution in [3.8, 4) is 11.3 Å². The van der Waals surface area contributed by atoms with Gasteiger partial charge in [0.05, 0.1) is 18.6 Å². The quantitative estimate of drug-likeness (QED) is 0.862. The lowest BCUT2D eigenvalue weighted by atomic mass is 10.2. The highest BCUT2D eigenvalue weighted by molar-refractivity contribution is 5.76. The lowest BCUT2D eigenvalue weighted by Crippen LogP contribution is -2.49. The Morgan fingerprint density at radius 1 is 1.08 bits per heavy atom. The Morgan fingerprint density at radius 2 is 1.83 bits per heavy atom. The van der Waals surface area contributed by atoms with E-state index in [1.807, 2.05) is 46.0 Å². The molecule has 1 fully saturated rings. The van der Waals surface area contributed by atoms with E-state index in [2.05, 4.69) is 9.88 Å². The predicted molar refractivity (Wildman–Crippen MR) is 92.4 cm³/mol. The van der Waals surface area contributed by atoms with Crippen molar-refractivity contribution < 1.29 is 9.90 Å². The fraction of sp³-hybridized carbons (Fsp3) is 0.444. The fourth-order valence-corrected chi connectivity index (χ4v) is 2.99. The number of β-amino-alcohol motifs (C(OH)–C–C–N with tert-alkyl or cyclic N) is 1. The average molecular weight is 328 g/mol. The third kappa shape index (κ3) is 4.21. The summed E-state index contributed by atoms with van der Waals surface area (Å²) in [5.74, 6) is 0.189. The molecule has 0 aliphatic carbocycles. The summed E-state index contributed by atoms with van der Waals surface area (Å²) in [6.07, 6.45) is 4.27. The lowest BCUT2D eigenvalue weighted by molar-refractivity contribution is -0.133. The van der Waals surface area contributed by atoms with Gasteiger partial charge >= 0.3 is 0 Å². The Morgan fingerprint density at radius 3 is 2.54 bits per heavy atom. The van der Waals surface area contributed by atoms with Crippen LogP contribution >= 0.6 is 0 Å². The SMILES string of the molecule is O=C(CCn1cnc(-c2ccccc2)c1)N1CCN(CCO)CC1. The number of aliphatic hydroxyl groups excluding tert-OH is 1. The Hall–Kier alpha value is -2.18. The molecule has 128 valence electrons. The zero-order valence-corrected chi connectivity index (χ0v) is 13.8. The summed E-state index contributed by atoms with van der Waals surface area (Å²) < 4.78 is 1.97. The highest BCUT2D eigenvalue weighted by Gasteiger charge is 2.20. The molecule has 0 radical (unpaired) electrons. The minimum Gasteiger partial charge on any atom is -0.395 e. The second-order valence-corrected chi connectivity index (χ2v) is 6.06. The van der Waals surface area contributed by atoms with Crippen molar-refractivity contribution in [2.75, 3.05) is 39.3 Å². The van der Waals surface area contributed by atoms with Crippen LogP contribution < -0.4 is 0 Å². The zero-order valence-electron chi connectivity index (χ0n) is 13.8. The van der Waals surface area contributed by atoms with Crippen LogP contribution in [-0.4, -0.2) is 69.7 Å². The number of imidazole rings is 1. The molecule has 0 unspecified atom stereocenters. The maximum atomic E-state index is 12.3. The van der Waals surface area contributed by atoms with Gasteiger partial charge in [0.25, 0.3) is 0 Å². The van der Waals surface area contributed by atoms with Crippen molar-refractivity contribution in [2.45, 2.75) is 13.0 Å². The molecule has 2 heterocycles. The number of aromatic nitrogens is 2. The lowest BCUT2D eigenvalue weighted by Gasteiger charge is -2.34. The third-order valence-corrected chi connectivity index (χ3v) is 4.43. The molecule has 3 rings (SSSR count). The smallest absolute Gasteiger partial charge is 0.224 e. The molecule has 1 aliphatic rings. The number of hydrogen-bond donors (Lipinski definition) is 1. The van der Waals surface area contributed by atoms with Crippen LogP contribution in [0.5, 0.6) is 0 Å². The molecule has 1 aromatic heterocycles. The van der Waals surface area contributed by atoms with Gasteiger partial charge in [-0.1, -0.05) is 30.3 Å². The topological polar surface area (TPSA) is 61.6 Å². The molecule has 0 atom stereocenters.